The molecule has 2 heterocycles. The highest BCUT2D eigenvalue weighted by molar-refractivity contribution is 6.30. The number of rotatable bonds is 6. The molecule has 2 aromatic heterocycles. The van der Waals surface area contributed by atoms with Crippen LogP contribution < -0.4 is 10.1 Å². The van der Waals surface area contributed by atoms with Crippen molar-refractivity contribution in [3.63, 3.8) is 0 Å². The maximum Gasteiger partial charge on any atom is 0.238 e. The molecule has 0 spiro atoms. The summed E-state index contributed by atoms with van der Waals surface area (Å²) in [4.78, 5) is 13.4. The molecule has 1 aliphatic carbocycles. The third kappa shape index (κ3) is 4.58. The number of aryl methyl sites for hydroxylation is 1. The molecular weight excluding hydrogens is 474 g/mol. The van der Waals surface area contributed by atoms with Gasteiger partial charge in [0.2, 0.25) is 11.8 Å². The fourth-order valence-electron chi connectivity index (χ4n) is 4.80. The van der Waals surface area contributed by atoms with Gasteiger partial charge < -0.3 is 10.1 Å². The molecule has 1 saturated carbocycles. The third-order valence-electron chi connectivity index (χ3n) is 7.12. The minimum atomic E-state index is -0.527. The lowest BCUT2D eigenvalue weighted by Crippen LogP contribution is -2.37. The number of anilines is 1. The van der Waals surface area contributed by atoms with Gasteiger partial charge in [-0.15, -0.1) is 10.2 Å². The molecule has 1 N–H and O–H groups in total. The van der Waals surface area contributed by atoms with Crippen molar-refractivity contribution in [2.45, 2.75) is 51.9 Å². The van der Waals surface area contributed by atoms with E-state index in [-0.39, 0.29) is 5.91 Å². The molecule has 5 rings (SSSR count). The van der Waals surface area contributed by atoms with Crippen LogP contribution in [0.1, 0.15) is 48.2 Å². The second-order valence-electron chi connectivity index (χ2n) is 9.31. The number of halogens is 1. The quantitative estimate of drug-likeness (QED) is 0.327. The molecule has 1 aliphatic rings. The van der Waals surface area contributed by atoms with Gasteiger partial charge in [-0.1, -0.05) is 36.6 Å². The number of nitrogens with one attached hydrogen (secondary N) is 1. The van der Waals surface area contributed by atoms with Crippen molar-refractivity contribution in [1.82, 2.24) is 20.0 Å². The first-order valence-electron chi connectivity index (χ1n) is 12.1. The number of ether oxygens (including phenoxy) is 1. The van der Waals surface area contributed by atoms with Gasteiger partial charge >= 0.3 is 0 Å². The lowest BCUT2D eigenvalue weighted by molar-refractivity contribution is -0.121. The molecule has 1 fully saturated rings. The monoisotopic (exact) mass is 501 g/mol. The number of carbonyl (C=O) groups is 1. The highest BCUT2D eigenvalue weighted by atomic mass is 35.5. The molecule has 7 nitrogen and oxygen atoms in total. The van der Waals surface area contributed by atoms with E-state index in [1.54, 1.807) is 22.9 Å². The Bertz CT molecular complexity index is 1370. The number of hydrogen-bond acceptors (Lipinski definition) is 5. The van der Waals surface area contributed by atoms with Crippen LogP contribution in [0.2, 0.25) is 5.02 Å². The zero-order valence-electron chi connectivity index (χ0n) is 20.6. The number of carbonyl (C=O) groups excluding carboxylic acids is 1. The topological polar surface area (TPSA) is 81.9 Å². The molecule has 2 aromatic carbocycles. The SMILES string of the molecule is Cc1nn(-c2ccc(Oc3ccc(NC(=O)C4(c5ccc(Cl)cc5)CCCC4)cc3)nn2)c(C)c1C. The summed E-state index contributed by atoms with van der Waals surface area (Å²) in [6.45, 7) is 6.02. The van der Waals surface area contributed by atoms with Crippen molar-refractivity contribution in [2.24, 2.45) is 0 Å². The molecule has 4 aromatic rings. The molecule has 0 saturated heterocycles. The summed E-state index contributed by atoms with van der Waals surface area (Å²) >= 11 is 6.07. The molecule has 36 heavy (non-hydrogen) atoms. The Hall–Kier alpha value is -3.71. The normalized spacial score (nSPS) is 14.6. The van der Waals surface area contributed by atoms with E-state index in [9.17, 15) is 4.79 Å². The summed E-state index contributed by atoms with van der Waals surface area (Å²) in [7, 11) is 0. The molecule has 0 bridgehead atoms. The van der Waals surface area contributed by atoms with Gasteiger partial charge in [0.05, 0.1) is 11.1 Å². The molecule has 0 unspecified atom stereocenters. The maximum atomic E-state index is 13.4. The molecular formula is C28H28ClN5O2. The van der Waals surface area contributed by atoms with Crippen LogP contribution in [0.3, 0.4) is 0 Å². The summed E-state index contributed by atoms with van der Waals surface area (Å²) in [6, 6.07) is 18.5. The minimum absolute atomic E-state index is 0.0110. The van der Waals surface area contributed by atoms with Crippen LogP contribution in [0, 0.1) is 20.8 Å². The van der Waals surface area contributed by atoms with Crippen LogP contribution >= 0.6 is 11.6 Å². The Morgan fingerprint density at radius 3 is 2.22 bits per heavy atom. The van der Waals surface area contributed by atoms with E-state index in [0.717, 1.165) is 48.2 Å². The van der Waals surface area contributed by atoms with E-state index in [4.69, 9.17) is 16.3 Å². The van der Waals surface area contributed by atoms with E-state index < -0.39 is 5.41 Å². The lowest BCUT2D eigenvalue weighted by atomic mass is 9.78. The Labute approximate surface area is 215 Å². The fraction of sp³-hybridized carbons (Fsp3) is 0.286. The Balaban J connectivity index is 1.26. The van der Waals surface area contributed by atoms with Gasteiger partial charge in [-0.3, -0.25) is 4.79 Å². The molecule has 0 aliphatic heterocycles. The van der Waals surface area contributed by atoms with Crippen LogP contribution in [-0.4, -0.2) is 25.9 Å². The first kappa shape index (κ1) is 24.0. The van der Waals surface area contributed by atoms with Gasteiger partial charge in [-0.2, -0.15) is 5.10 Å². The van der Waals surface area contributed by atoms with Crippen LogP contribution in [0.5, 0.6) is 11.6 Å². The summed E-state index contributed by atoms with van der Waals surface area (Å²) in [5, 5.41) is 16.7. The van der Waals surface area contributed by atoms with Crippen molar-refractivity contribution in [3.05, 3.63) is 88.2 Å². The Kier molecular flexibility index (Phi) is 6.49. The number of amides is 1. The predicted octanol–water partition coefficient (Wildman–Crippen LogP) is 6.48. The van der Waals surface area contributed by atoms with E-state index in [2.05, 4.69) is 20.6 Å². The van der Waals surface area contributed by atoms with Crippen molar-refractivity contribution in [3.8, 4) is 17.4 Å². The average molecular weight is 502 g/mol. The van der Waals surface area contributed by atoms with Gasteiger partial charge in [0.25, 0.3) is 0 Å². The van der Waals surface area contributed by atoms with Gasteiger partial charge in [0, 0.05) is 22.5 Å². The summed E-state index contributed by atoms with van der Waals surface area (Å²) in [5.74, 6) is 1.62. The van der Waals surface area contributed by atoms with E-state index in [1.165, 1.54) is 0 Å². The van der Waals surface area contributed by atoms with Crippen molar-refractivity contribution >= 4 is 23.2 Å². The zero-order chi connectivity index (χ0) is 25.3. The van der Waals surface area contributed by atoms with E-state index in [0.29, 0.717) is 28.2 Å². The number of nitrogens with zero attached hydrogens (tertiary/aromatic N) is 4. The first-order chi connectivity index (χ1) is 17.4. The second-order valence-corrected chi connectivity index (χ2v) is 9.75. The summed E-state index contributed by atoms with van der Waals surface area (Å²) < 4.78 is 7.64. The minimum Gasteiger partial charge on any atom is -0.438 e. The van der Waals surface area contributed by atoms with E-state index in [1.807, 2.05) is 63.2 Å². The lowest BCUT2D eigenvalue weighted by Gasteiger charge is -2.28. The molecule has 1 amide bonds. The van der Waals surface area contributed by atoms with Crippen LogP contribution in [0.15, 0.2) is 60.7 Å². The van der Waals surface area contributed by atoms with Crippen LogP contribution in [0.25, 0.3) is 5.82 Å². The maximum absolute atomic E-state index is 13.4. The number of benzene rings is 2. The summed E-state index contributed by atoms with van der Waals surface area (Å²) in [6.07, 6.45) is 3.71. The van der Waals surface area contributed by atoms with Crippen LogP contribution in [-0.2, 0) is 10.2 Å². The van der Waals surface area contributed by atoms with Crippen molar-refractivity contribution in [2.75, 3.05) is 5.32 Å². The first-order valence-corrected chi connectivity index (χ1v) is 12.5. The van der Waals surface area contributed by atoms with Gasteiger partial charge in [-0.05, 0) is 87.2 Å². The fourth-order valence-corrected chi connectivity index (χ4v) is 4.92. The van der Waals surface area contributed by atoms with Gasteiger partial charge in [-0.25, -0.2) is 4.68 Å². The number of hydrogen-bond donors (Lipinski definition) is 1. The van der Waals surface area contributed by atoms with Crippen molar-refractivity contribution < 1.29 is 9.53 Å². The third-order valence-corrected chi connectivity index (χ3v) is 7.37. The summed E-state index contributed by atoms with van der Waals surface area (Å²) in [5.41, 5.74) is 4.34. The van der Waals surface area contributed by atoms with E-state index >= 15 is 0 Å². The van der Waals surface area contributed by atoms with Gasteiger partial charge in [0.15, 0.2) is 5.82 Å². The van der Waals surface area contributed by atoms with Crippen LogP contribution in [0.4, 0.5) is 5.69 Å². The van der Waals surface area contributed by atoms with Crippen molar-refractivity contribution in [1.29, 1.82) is 0 Å². The standard InChI is InChI=1S/C28H28ClN5O2/c1-18-19(2)33-34(20(18)3)25-14-15-26(32-31-25)36-24-12-10-23(11-13-24)30-27(35)28(16-4-5-17-28)21-6-8-22(29)9-7-21/h6-15H,4-5,16-17H2,1-3H3,(H,30,35). The average Bonchev–Trinajstić information content (AvgIpc) is 3.48. The molecule has 0 radical (unpaired) electrons. The van der Waals surface area contributed by atoms with Gasteiger partial charge in [0.1, 0.15) is 5.75 Å². The smallest absolute Gasteiger partial charge is 0.238 e. The Morgan fingerprint density at radius 1 is 0.944 bits per heavy atom. The molecule has 0 atom stereocenters. The highest BCUT2D eigenvalue weighted by Gasteiger charge is 2.42. The molecule has 184 valence electrons. The Morgan fingerprint density at radius 2 is 1.64 bits per heavy atom. The molecule has 8 heteroatoms. The number of aromatic nitrogens is 4. The zero-order valence-corrected chi connectivity index (χ0v) is 21.3. The highest BCUT2D eigenvalue weighted by Crippen LogP contribution is 2.42. The predicted molar refractivity (Wildman–Crippen MR) is 140 cm³/mol. The second kappa shape index (κ2) is 9.74. The largest absolute Gasteiger partial charge is 0.438 e.